The summed E-state index contributed by atoms with van der Waals surface area (Å²) in [4.78, 5) is 34.0. The predicted octanol–water partition coefficient (Wildman–Crippen LogP) is 4.61. The molecular weight excluding hydrogens is 360 g/mol. The fourth-order valence-electron chi connectivity index (χ4n) is 2.09. The third-order valence-corrected chi connectivity index (χ3v) is 4.50. The van der Waals surface area contributed by atoms with Gasteiger partial charge in [0.25, 0.3) is 11.4 Å². The summed E-state index contributed by atoms with van der Waals surface area (Å²) in [7, 11) is 0. The van der Waals surface area contributed by atoms with Crippen LogP contribution >= 0.6 is 11.8 Å². The molecule has 0 unspecified atom stereocenters. The Balaban J connectivity index is 2.48. The number of rotatable bonds is 8. The largest absolute Gasteiger partial charge is 0.462 e. The first kappa shape index (κ1) is 19.4. The zero-order chi connectivity index (χ0) is 19.1. The van der Waals surface area contributed by atoms with Crippen molar-refractivity contribution in [2.24, 2.45) is 0 Å². The number of nitro groups is 2. The van der Waals surface area contributed by atoms with E-state index in [2.05, 4.69) is 0 Å². The van der Waals surface area contributed by atoms with Gasteiger partial charge in [0.2, 0.25) is 0 Å². The van der Waals surface area contributed by atoms with Crippen LogP contribution in [0, 0.1) is 20.2 Å². The van der Waals surface area contributed by atoms with Crippen molar-refractivity contribution in [3.8, 4) is 0 Å². The van der Waals surface area contributed by atoms with E-state index < -0.39 is 27.2 Å². The molecule has 0 aliphatic heterocycles. The molecule has 0 atom stereocenters. The maximum atomic E-state index is 12.1. The molecule has 0 radical (unpaired) electrons. The highest BCUT2D eigenvalue weighted by molar-refractivity contribution is 7.99. The van der Waals surface area contributed by atoms with Gasteiger partial charge in [0, 0.05) is 17.0 Å². The van der Waals surface area contributed by atoms with Gasteiger partial charge in [0.1, 0.15) is 0 Å². The summed E-state index contributed by atoms with van der Waals surface area (Å²) in [5.74, 6) is -0.819. The van der Waals surface area contributed by atoms with E-state index in [4.69, 9.17) is 4.74 Å². The van der Waals surface area contributed by atoms with Gasteiger partial charge in [0.05, 0.1) is 22.0 Å². The predicted molar refractivity (Wildman–Crippen MR) is 95.5 cm³/mol. The number of benzene rings is 2. The van der Waals surface area contributed by atoms with E-state index in [1.807, 2.05) is 6.92 Å². The second-order valence-electron chi connectivity index (χ2n) is 5.26. The molecule has 0 spiro atoms. The zero-order valence-electron chi connectivity index (χ0n) is 13.9. The van der Waals surface area contributed by atoms with E-state index in [0.29, 0.717) is 11.3 Å². The molecule has 0 aliphatic rings. The summed E-state index contributed by atoms with van der Waals surface area (Å²) < 4.78 is 5.01. The third kappa shape index (κ3) is 4.79. The van der Waals surface area contributed by atoms with Crippen molar-refractivity contribution in [2.45, 2.75) is 29.6 Å². The second-order valence-corrected chi connectivity index (χ2v) is 6.35. The lowest BCUT2D eigenvalue weighted by molar-refractivity contribution is -0.399. The highest BCUT2D eigenvalue weighted by Crippen LogP contribution is 2.42. The Bertz CT molecular complexity index is 790. The zero-order valence-corrected chi connectivity index (χ0v) is 14.7. The standard InChI is InChI=1S/C17H16N2O6S/c1-2-3-9-25-17(20)12-10-14(18(21)22)16(15(11-12)19(23)24)26-13-7-5-4-6-8-13/h4-8,10-11H,2-3,9H2,1H3. The second kappa shape index (κ2) is 8.95. The number of nitrogens with zero attached hydrogens (tertiary/aromatic N) is 2. The Morgan fingerprint density at radius 2 is 1.65 bits per heavy atom. The van der Waals surface area contributed by atoms with Crippen LogP contribution in [0.2, 0.25) is 0 Å². The van der Waals surface area contributed by atoms with Gasteiger partial charge in [-0.05, 0) is 18.6 Å². The number of nitro benzene ring substituents is 2. The van der Waals surface area contributed by atoms with Crippen LogP contribution < -0.4 is 0 Å². The van der Waals surface area contributed by atoms with Gasteiger partial charge >= 0.3 is 5.97 Å². The van der Waals surface area contributed by atoms with Crippen molar-refractivity contribution >= 4 is 29.1 Å². The Labute approximate surface area is 153 Å². The molecule has 2 aromatic carbocycles. The minimum absolute atomic E-state index is 0.128. The average molecular weight is 376 g/mol. The first-order chi connectivity index (χ1) is 12.4. The summed E-state index contributed by atoms with van der Waals surface area (Å²) in [5, 5.41) is 22.9. The van der Waals surface area contributed by atoms with Crippen LogP contribution in [0.5, 0.6) is 0 Å². The first-order valence-electron chi connectivity index (χ1n) is 7.81. The van der Waals surface area contributed by atoms with E-state index in [0.717, 1.165) is 30.3 Å². The van der Waals surface area contributed by atoms with E-state index in [9.17, 15) is 25.0 Å². The normalized spacial score (nSPS) is 10.3. The molecule has 0 saturated heterocycles. The molecule has 2 rings (SSSR count). The van der Waals surface area contributed by atoms with Crippen LogP contribution in [0.15, 0.2) is 52.3 Å². The van der Waals surface area contributed by atoms with Crippen molar-refractivity contribution < 1.29 is 19.4 Å². The molecule has 136 valence electrons. The van der Waals surface area contributed by atoms with Crippen LogP contribution in [0.4, 0.5) is 11.4 Å². The van der Waals surface area contributed by atoms with Gasteiger partial charge in [-0.15, -0.1) is 0 Å². The summed E-state index contributed by atoms with van der Waals surface area (Å²) in [6, 6.07) is 10.6. The molecule has 0 aliphatic carbocycles. The maximum Gasteiger partial charge on any atom is 0.338 e. The molecule has 0 bridgehead atoms. The van der Waals surface area contributed by atoms with Gasteiger partial charge in [-0.1, -0.05) is 43.3 Å². The fraction of sp³-hybridized carbons (Fsp3) is 0.235. The molecule has 26 heavy (non-hydrogen) atoms. The number of hydrogen-bond donors (Lipinski definition) is 0. The summed E-state index contributed by atoms with van der Waals surface area (Å²) in [6.45, 7) is 2.07. The highest BCUT2D eigenvalue weighted by atomic mass is 32.2. The van der Waals surface area contributed by atoms with Crippen LogP contribution in [0.1, 0.15) is 30.1 Å². The maximum absolute atomic E-state index is 12.1. The first-order valence-corrected chi connectivity index (χ1v) is 8.62. The summed E-state index contributed by atoms with van der Waals surface area (Å²) >= 11 is 0.904. The van der Waals surface area contributed by atoms with E-state index >= 15 is 0 Å². The lowest BCUT2D eigenvalue weighted by atomic mass is 10.1. The number of unbranched alkanes of at least 4 members (excludes halogenated alkanes) is 1. The van der Waals surface area contributed by atoms with Gasteiger partial charge in [-0.2, -0.15) is 0 Å². The van der Waals surface area contributed by atoms with Gasteiger partial charge in [-0.3, -0.25) is 20.2 Å². The average Bonchev–Trinajstić information content (AvgIpc) is 2.62. The molecule has 0 fully saturated rings. The number of hydrogen-bond acceptors (Lipinski definition) is 7. The van der Waals surface area contributed by atoms with E-state index in [1.165, 1.54) is 0 Å². The molecule has 0 aromatic heterocycles. The third-order valence-electron chi connectivity index (χ3n) is 3.37. The molecule has 0 amide bonds. The summed E-state index contributed by atoms with van der Waals surface area (Å²) in [5.41, 5.74) is -1.22. The van der Waals surface area contributed by atoms with Crippen molar-refractivity contribution in [1.29, 1.82) is 0 Å². The van der Waals surface area contributed by atoms with Crippen LogP contribution in [0.3, 0.4) is 0 Å². The van der Waals surface area contributed by atoms with Crippen molar-refractivity contribution in [2.75, 3.05) is 6.61 Å². The fourth-order valence-corrected chi connectivity index (χ4v) is 3.10. The lowest BCUT2D eigenvalue weighted by Crippen LogP contribution is -2.08. The number of esters is 1. The van der Waals surface area contributed by atoms with E-state index in [-0.39, 0.29) is 17.1 Å². The molecular formula is C17H16N2O6S. The lowest BCUT2D eigenvalue weighted by Gasteiger charge is -2.08. The van der Waals surface area contributed by atoms with Crippen LogP contribution in [-0.2, 0) is 4.74 Å². The van der Waals surface area contributed by atoms with Gasteiger partial charge < -0.3 is 4.74 Å². The topological polar surface area (TPSA) is 113 Å². The number of ether oxygens (including phenoxy) is 1. The molecule has 0 saturated carbocycles. The van der Waals surface area contributed by atoms with Crippen molar-refractivity contribution in [3.05, 3.63) is 68.3 Å². The summed E-state index contributed by atoms with van der Waals surface area (Å²) in [6.07, 6.45) is 1.44. The Kier molecular flexibility index (Phi) is 6.67. The van der Waals surface area contributed by atoms with Crippen molar-refractivity contribution in [1.82, 2.24) is 0 Å². The minimum Gasteiger partial charge on any atom is -0.462 e. The molecule has 2 aromatic rings. The molecule has 0 heterocycles. The molecule has 9 heteroatoms. The SMILES string of the molecule is CCCCOC(=O)c1cc([N+](=O)[O-])c(Sc2ccccc2)c([N+](=O)[O-])c1. The van der Waals surface area contributed by atoms with Crippen LogP contribution in [0.25, 0.3) is 0 Å². The quantitative estimate of drug-likeness (QED) is 0.286. The molecule has 8 nitrogen and oxygen atoms in total. The number of carbonyl (C=O) groups excluding carboxylic acids is 1. The molecule has 0 N–H and O–H groups in total. The Morgan fingerprint density at radius 1 is 1.08 bits per heavy atom. The van der Waals surface area contributed by atoms with Gasteiger partial charge in [-0.25, -0.2) is 4.79 Å². The number of carbonyl (C=O) groups is 1. The van der Waals surface area contributed by atoms with Crippen LogP contribution in [-0.4, -0.2) is 22.4 Å². The Morgan fingerprint density at radius 3 is 2.15 bits per heavy atom. The van der Waals surface area contributed by atoms with Gasteiger partial charge in [0.15, 0.2) is 4.90 Å². The Hall–Kier alpha value is -2.94. The smallest absolute Gasteiger partial charge is 0.338 e. The van der Waals surface area contributed by atoms with Crippen molar-refractivity contribution in [3.63, 3.8) is 0 Å². The monoisotopic (exact) mass is 376 g/mol. The van der Waals surface area contributed by atoms with E-state index in [1.54, 1.807) is 30.3 Å². The highest BCUT2D eigenvalue weighted by Gasteiger charge is 2.29. The minimum atomic E-state index is -0.819.